The Kier molecular flexibility index (Phi) is 3.74. The van der Waals surface area contributed by atoms with Gasteiger partial charge >= 0.3 is 5.97 Å². The molecule has 0 atom stereocenters. The maximum atomic E-state index is 10.5. The van der Waals surface area contributed by atoms with Crippen molar-refractivity contribution in [2.24, 2.45) is 0 Å². The highest BCUT2D eigenvalue weighted by Gasteiger charge is 2.09. The summed E-state index contributed by atoms with van der Waals surface area (Å²) < 4.78 is 1.96. The lowest BCUT2D eigenvalue weighted by Gasteiger charge is -2.07. The molecule has 0 radical (unpaired) electrons. The largest absolute Gasteiger partial charge is 0.481 e. The minimum absolute atomic E-state index is 0.199. The first-order valence-corrected chi connectivity index (χ1v) is 6.44. The SMILES string of the molecule is Cc1cc2nc(N)n(CCCCC(=O)O)c2cc1C. The molecule has 102 valence electrons. The highest BCUT2D eigenvalue weighted by molar-refractivity contribution is 5.80. The molecule has 2 rings (SSSR count). The van der Waals surface area contributed by atoms with Gasteiger partial charge in [-0.1, -0.05) is 0 Å². The first-order chi connectivity index (χ1) is 8.99. The maximum Gasteiger partial charge on any atom is 0.303 e. The summed E-state index contributed by atoms with van der Waals surface area (Å²) in [4.78, 5) is 14.8. The lowest BCUT2D eigenvalue weighted by Crippen LogP contribution is -2.04. The van der Waals surface area contributed by atoms with Gasteiger partial charge in [0.2, 0.25) is 5.95 Å². The van der Waals surface area contributed by atoms with Crippen molar-refractivity contribution < 1.29 is 9.90 Å². The van der Waals surface area contributed by atoms with E-state index in [1.165, 1.54) is 11.1 Å². The topological polar surface area (TPSA) is 81.1 Å². The lowest BCUT2D eigenvalue weighted by atomic mass is 10.1. The van der Waals surface area contributed by atoms with Crippen LogP contribution in [-0.2, 0) is 11.3 Å². The Morgan fingerprint density at radius 2 is 2.00 bits per heavy atom. The molecule has 0 saturated carbocycles. The number of hydrogen-bond donors (Lipinski definition) is 2. The molecule has 5 heteroatoms. The third-order valence-corrected chi connectivity index (χ3v) is 3.42. The van der Waals surface area contributed by atoms with E-state index in [0.29, 0.717) is 18.9 Å². The number of carboxylic acid groups (broad SMARTS) is 1. The van der Waals surface area contributed by atoms with Gasteiger partial charge in [-0.2, -0.15) is 0 Å². The molecule has 19 heavy (non-hydrogen) atoms. The number of nitrogen functional groups attached to an aromatic ring is 1. The highest BCUT2D eigenvalue weighted by atomic mass is 16.4. The summed E-state index contributed by atoms with van der Waals surface area (Å²) in [6.45, 7) is 4.82. The van der Waals surface area contributed by atoms with Crippen LogP contribution in [0.25, 0.3) is 11.0 Å². The van der Waals surface area contributed by atoms with Crippen LogP contribution in [0.15, 0.2) is 12.1 Å². The Morgan fingerprint density at radius 3 is 2.68 bits per heavy atom. The Labute approximate surface area is 112 Å². The fraction of sp³-hybridized carbons (Fsp3) is 0.429. The predicted octanol–water partition coefficient (Wildman–Crippen LogP) is 2.49. The first kappa shape index (κ1) is 13.4. The van der Waals surface area contributed by atoms with Crippen molar-refractivity contribution in [2.75, 3.05) is 5.73 Å². The van der Waals surface area contributed by atoms with Crippen LogP contribution < -0.4 is 5.73 Å². The number of benzene rings is 1. The Morgan fingerprint density at radius 1 is 1.32 bits per heavy atom. The van der Waals surface area contributed by atoms with Crippen LogP contribution in [0.4, 0.5) is 5.95 Å². The molecule has 0 aliphatic carbocycles. The van der Waals surface area contributed by atoms with Gasteiger partial charge in [0.15, 0.2) is 0 Å². The minimum atomic E-state index is -0.755. The second kappa shape index (κ2) is 5.30. The molecular formula is C14H19N3O2. The van der Waals surface area contributed by atoms with E-state index < -0.39 is 5.97 Å². The van der Waals surface area contributed by atoms with Crippen molar-refractivity contribution in [2.45, 2.75) is 39.7 Å². The molecule has 0 aliphatic heterocycles. The fourth-order valence-electron chi connectivity index (χ4n) is 2.18. The number of nitrogens with two attached hydrogens (primary N) is 1. The van der Waals surface area contributed by atoms with Crippen LogP contribution >= 0.6 is 0 Å². The van der Waals surface area contributed by atoms with Gasteiger partial charge in [-0.3, -0.25) is 4.79 Å². The van der Waals surface area contributed by atoms with Crippen LogP contribution in [0.2, 0.25) is 0 Å². The van der Waals surface area contributed by atoms with Gasteiger partial charge in [0.1, 0.15) is 0 Å². The third kappa shape index (κ3) is 2.86. The zero-order chi connectivity index (χ0) is 14.0. The van der Waals surface area contributed by atoms with E-state index in [0.717, 1.165) is 17.5 Å². The van der Waals surface area contributed by atoms with E-state index in [9.17, 15) is 4.79 Å². The Bertz CT molecular complexity index is 617. The van der Waals surface area contributed by atoms with Gasteiger partial charge in [-0.05, 0) is 49.9 Å². The number of carbonyl (C=O) groups is 1. The number of unbranched alkanes of at least 4 members (excludes halogenated alkanes) is 1. The van der Waals surface area contributed by atoms with Crippen LogP contribution in [0.5, 0.6) is 0 Å². The number of hydrogen-bond acceptors (Lipinski definition) is 3. The molecule has 0 fully saturated rings. The molecule has 0 unspecified atom stereocenters. The molecule has 2 aromatic rings. The molecule has 0 aliphatic rings. The maximum absolute atomic E-state index is 10.5. The molecule has 0 spiro atoms. The molecular weight excluding hydrogens is 242 g/mol. The summed E-state index contributed by atoms with van der Waals surface area (Å²) in [5.74, 6) is -0.259. The molecule has 0 bridgehead atoms. The van der Waals surface area contributed by atoms with E-state index in [4.69, 9.17) is 10.8 Å². The summed E-state index contributed by atoms with van der Waals surface area (Å²) in [7, 11) is 0. The normalized spacial score (nSPS) is 11.1. The van der Waals surface area contributed by atoms with Crippen LogP contribution in [-0.4, -0.2) is 20.6 Å². The molecule has 5 nitrogen and oxygen atoms in total. The quantitative estimate of drug-likeness (QED) is 0.810. The van der Waals surface area contributed by atoms with Crippen molar-refractivity contribution in [1.82, 2.24) is 9.55 Å². The van der Waals surface area contributed by atoms with Gasteiger partial charge in [-0.25, -0.2) is 4.98 Å². The molecule has 1 aromatic heterocycles. The second-order valence-electron chi connectivity index (χ2n) is 4.90. The van der Waals surface area contributed by atoms with Crippen molar-refractivity contribution >= 4 is 23.0 Å². The summed E-state index contributed by atoms with van der Waals surface area (Å²) in [5.41, 5.74) is 10.3. The summed E-state index contributed by atoms with van der Waals surface area (Å²) >= 11 is 0. The van der Waals surface area contributed by atoms with Crippen molar-refractivity contribution in [3.05, 3.63) is 23.3 Å². The highest BCUT2D eigenvalue weighted by Crippen LogP contribution is 2.22. The molecule has 3 N–H and O–H groups in total. The van der Waals surface area contributed by atoms with E-state index in [1.54, 1.807) is 0 Å². The first-order valence-electron chi connectivity index (χ1n) is 6.44. The average molecular weight is 261 g/mol. The zero-order valence-corrected chi connectivity index (χ0v) is 11.3. The van der Waals surface area contributed by atoms with Gasteiger partial charge in [-0.15, -0.1) is 0 Å². The Hall–Kier alpha value is -2.04. The molecule has 0 saturated heterocycles. The van der Waals surface area contributed by atoms with E-state index in [-0.39, 0.29) is 6.42 Å². The predicted molar refractivity (Wildman–Crippen MR) is 75.1 cm³/mol. The number of aromatic nitrogens is 2. The third-order valence-electron chi connectivity index (χ3n) is 3.42. The minimum Gasteiger partial charge on any atom is -0.481 e. The number of anilines is 1. The van der Waals surface area contributed by atoms with E-state index in [1.807, 2.05) is 10.6 Å². The summed E-state index contributed by atoms with van der Waals surface area (Å²) in [6, 6.07) is 4.12. The van der Waals surface area contributed by atoms with Crippen molar-refractivity contribution in [3.8, 4) is 0 Å². The molecule has 0 amide bonds. The Balaban J connectivity index is 2.20. The summed E-state index contributed by atoms with van der Waals surface area (Å²) in [6.07, 6.45) is 1.64. The average Bonchev–Trinajstić information content (AvgIpc) is 2.61. The fourth-order valence-corrected chi connectivity index (χ4v) is 2.18. The number of nitrogens with zero attached hydrogens (tertiary/aromatic N) is 2. The van der Waals surface area contributed by atoms with Crippen molar-refractivity contribution in [3.63, 3.8) is 0 Å². The monoisotopic (exact) mass is 261 g/mol. The van der Waals surface area contributed by atoms with E-state index >= 15 is 0 Å². The number of fused-ring (bicyclic) bond motifs is 1. The molecule has 1 heterocycles. The van der Waals surface area contributed by atoms with Gasteiger partial charge < -0.3 is 15.4 Å². The van der Waals surface area contributed by atoms with Gasteiger partial charge in [0.25, 0.3) is 0 Å². The number of imidazole rings is 1. The second-order valence-corrected chi connectivity index (χ2v) is 4.90. The summed E-state index contributed by atoms with van der Waals surface area (Å²) in [5, 5.41) is 8.62. The van der Waals surface area contributed by atoms with E-state index in [2.05, 4.69) is 24.9 Å². The zero-order valence-electron chi connectivity index (χ0n) is 11.3. The smallest absolute Gasteiger partial charge is 0.303 e. The van der Waals surface area contributed by atoms with Gasteiger partial charge in [0.05, 0.1) is 11.0 Å². The standard InChI is InChI=1S/C14H19N3O2/c1-9-7-11-12(8-10(9)2)17(14(15)16-11)6-4-3-5-13(18)19/h7-8H,3-6H2,1-2H3,(H2,15,16)(H,18,19). The number of aryl methyl sites for hydroxylation is 3. The van der Waals surface area contributed by atoms with Crippen LogP contribution in [0.1, 0.15) is 30.4 Å². The van der Waals surface area contributed by atoms with Gasteiger partial charge in [0, 0.05) is 13.0 Å². The molecule has 1 aromatic carbocycles. The number of rotatable bonds is 5. The van der Waals surface area contributed by atoms with Crippen LogP contribution in [0, 0.1) is 13.8 Å². The van der Waals surface area contributed by atoms with Crippen LogP contribution in [0.3, 0.4) is 0 Å². The number of carboxylic acids is 1. The lowest BCUT2D eigenvalue weighted by molar-refractivity contribution is -0.137. The number of aliphatic carboxylic acids is 1. The van der Waals surface area contributed by atoms with Crippen molar-refractivity contribution in [1.29, 1.82) is 0 Å².